The summed E-state index contributed by atoms with van der Waals surface area (Å²) in [6.07, 6.45) is 2.29. The van der Waals surface area contributed by atoms with Crippen LogP contribution in [-0.4, -0.2) is 18.0 Å². The Hall–Kier alpha value is 0.250. The second kappa shape index (κ2) is 5.99. The maximum Gasteiger partial charge on any atom is 0.0377 e. The van der Waals surface area contributed by atoms with E-state index in [0.29, 0.717) is 12.1 Å². The van der Waals surface area contributed by atoms with E-state index in [1.54, 1.807) is 0 Å². The summed E-state index contributed by atoms with van der Waals surface area (Å²) in [7, 11) is 0. The lowest BCUT2D eigenvalue weighted by atomic mass is 10.2. The van der Waals surface area contributed by atoms with Gasteiger partial charge in [-0.3, -0.25) is 0 Å². The molecule has 0 amide bonds. The largest absolute Gasteiger partial charge is 0.310 e. The highest BCUT2D eigenvalue weighted by Crippen LogP contribution is 1.97. The van der Waals surface area contributed by atoms with Gasteiger partial charge in [0.25, 0.3) is 0 Å². The average molecular weight is 164 g/mol. The molecule has 0 rings (SSSR count). The van der Waals surface area contributed by atoms with Gasteiger partial charge >= 0.3 is 0 Å². The number of hydrogen-bond acceptors (Lipinski definition) is 1. The molecule has 0 saturated heterocycles. The van der Waals surface area contributed by atoms with Gasteiger partial charge in [-0.2, -0.15) is 0 Å². The van der Waals surface area contributed by atoms with Crippen LogP contribution in [0.15, 0.2) is 0 Å². The highest BCUT2D eigenvalue weighted by Gasteiger charge is 2.05. The number of alkyl halides is 1. The van der Waals surface area contributed by atoms with Gasteiger partial charge in [0.05, 0.1) is 0 Å². The van der Waals surface area contributed by atoms with Crippen LogP contribution < -0.4 is 5.32 Å². The minimum atomic E-state index is 0.497. The summed E-state index contributed by atoms with van der Waals surface area (Å²) in [5.41, 5.74) is 0. The van der Waals surface area contributed by atoms with Gasteiger partial charge in [0.2, 0.25) is 0 Å². The maximum absolute atomic E-state index is 5.71. The van der Waals surface area contributed by atoms with Crippen molar-refractivity contribution in [3.05, 3.63) is 0 Å². The zero-order valence-corrected chi connectivity index (χ0v) is 7.91. The highest BCUT2D eigenvalue weighted by molar-refractivity contribution is 6.18. The Morgan fingerprint density at radius 2 is 1.90 bits per heavy atom. The molecular formula is C8H18ClN. The third-order valence-electron chi connectivity index (χ3n) is 1.81. The van der Waals surface area contributed by atoms with E-state index in [2.05, 4.69) is 26.1 Å². The fraction of sp³-hybridized carbons (Fsp3) is 1.00. The van der Waals surface area contributed by atoms with Gasteiger partial charge < -0.3 is 5.32 Å². The molecule has 0 spiro atoms. The molecule has 0 aliphatic carbocycles. The van der Waals surface area contributed by atoms with Crippen LogP contribution in [0.1, 0.15) is 33.6 Å². The van der Waals surface area contributed by atoms with Gasteiger partial charge in [-0.25, -0.2) is 0 Å². The molecule has 62 valence electrons. The lowest BCUT2D eigenvalue weighted by molar-refractivity contribution is 0.452. The topological polar surface area (TPSA) is 12.0 Å². The fourth-order valence-electron chi connectivity index (χ4n) is 0.792. The standard InChI is InChI=1S/C8H18ClN/c1-4-7(3)10-8(5-2)6-9/h7-8,10H,4-6H2,1-3H3. The van der Waals surface area contributed by atoms with Crippen molar-refractivity contribution in [3.8, 4) is 0 Å². The molecule has 0 bridgehead atoms. The normalized spacial score (nSPS) is 16.8. The molecule has 0 aromatic heterocycles. The van der Waals surface area contributed by atoms with Gasteiger partial charge in [-0.1, -0.05) is 13.8 Å². The van der Waals surface area contributed by atoms with E-state index in [1.807, 2.05) is 0 Å². The Bertz CT molecular complexity index is 71.7. The second-order valence-corrected chi connectivity index (χ2v) is 3.04. The summed E-state index contributed by atoms with van der Waals surface area (Å²) in [6, 6.07) is 1.10. The SMILES string of the molecule is CCC(C)NC(CC)CCl. The molecule has 0 aliphatic rings. The molecule has 0 aromatic rings. The molecule has 1 nitrogen and oxygen atoms in total. The summed E-state index contributed by atoms with van der Waals surface area (Å²) in [5, 5.41) is 3.43. The smallest absolute Gasteiger partial charge is 0.0377 e. The van der Waals surface area contributed by atoms with Crippen molar-refractivity contribution in [1.82, 2.24) is 5.32 Å². The van der Waals surface area contributed by atoms with Crippen LogP contribution in [0.25, 0.3) is 0 Å². The van der Waals surface area contributed by atoms with Crippen LogP contribution in [0.3, 0.4) is 0 Å². The number of hydrogen-bond donors (Lipinski definition) is 1. The first-order valence-corrected chi connectivity index (χ1v) is 4.60. The van der Waals surface area contributed by atoms with E-state index in [0.717, 1.165) is 12.3 Å². The summed E-state index contributed by atoms with van der Waals surface area (Å²) < 4.78 is 0. The van der Waals surface area contributed by atoms with Crippen molar-refractivity contribution in [2.75, 3.05) is 5.88 Å². The van der Waals surface area contributed by atoms with Gasteiger partial charge in [0.15, 0.2) is 0 Å². The van der Waals surface area contributed by atoms with Crippen molar-refractivity contribution in [1.29, 1.82) is 0 Å². The van der Waals surface area contributed by atoms with Gasteiger partial charge in [0.1, 0.15) is 0 Å². The van der Waals surface area contributed by atoms with E-state index >= 15 is 0 Å². The van der Waals surface area contributed by atoms with Crippen LogP contribution in [0.4, 0.5) is 0 Å². The second-order valence-electron chi connectivity index (χ2n) is 2.74. The summed E-state index contributed by atoms with van der Waals surface area (Å²) in [6.45, 7) is 6.52. The van der Waals surface area contributed by atoms with E-state index in [-0.39, 0.29) is 0 Å². The van der Waals surface area contributed by atoms with Crippen LogP contribution in [-0.2, 0) is 0 Å². The molecule has 2 heteroatoms. The van der Waals surface area contributed by atoms with Crippen molar-refractivity contribution >= 4 is 11.6 Å². The Balaban J connectivity index is 3.41. The first-order chi connectivity index (χ1) is 4.74. The van der Waals surface area contributed by atoms with Gasteiger partial charge in [-0.05, 0) is 19.8 Å². The van der Waals surface area contributed by atoms with Gasteiger partial charge in [-0.15, -0.1) is 11.6 Å². The third kappa shape index (κ3) is 4.13. The summed E-state index contributed by atoms with van der Waals surface area (Å²) in [5.74, 6) is 0.723. The van der Waals surface area contributed by atoms with Crippen LogP contribution >= 0.6 is 11.6 Å². The van der Waals surface area contributed by atoms with E-state index in [1.165, 1.54) is 6.42 Å². The number of nitrogens with one attached hydrogen (secondary N) is 1. The molecule has 0 radical (unpaired) electrons. The van der Waals surface area contributed by atoms with Crippen LogP contribution in [0.2, 0.25) is 0 Å². The van der Waals surface area contributed by atoms with E-state index < -0.39 is 0 Å². The third-order valence-corrected chi connectivity index (χ3v) is 2.18. The maximum atomic E-state index is 5.71. The zero-order valence-electron chi connectivity index (χ0n) is 7.15. The minimum Gasteiger partial charge on any atom is -0.310 e. The first-order valence-electron chi connectivity index (χ1n) is 4.06. The van der Waals surface area contributed by atoms with Crippen molar-refractivity contribution in [3.63, 3.8) is 0 Å². The Labute approximate surface area is 69.1 Å². The first kappa shape index (κ1) is 10.2. The van der Waals surface area contributed by atoms with Crippen LogP contribution in [0.5, 0.6) is 0 Å². The molecule has 0 heterocycles. The summed E-state index contributed by atoms with van der Waals surface area (Å²) in [4.78, 5) is 0. The molecule has 2 unspecified atom stereocenters. The lowest BCUT2D eigenvalue weighted by Crippen LogP contribution is -2.36. The predicted octanol–water partition coefficient (Wildman–Crippen LogP) is 2.39. The van der Waals surface area contributed by atoms with Crippen molar-refractivity contribution < 1.29 is 0 Å². The lowest BCUT2D eigenvalue weighted by Gasteiger charge is -2.18. The molecule has 0 fully saturated rings. The molecule has 2 atom stereocenters. The minimum absolute atomic E-state index is 0.497. The quantitative estimate of drug-likeness (QED) is 0.614. The Kier molecular flexibility index (Phi) is 6.14. The van der Waals surface area contributed by atoms with E-state index in [4.69, 9.17) is 11.6 Å². The van der Waals surface area contributed by atoms with Crippen molar-refractivity contribution in [2.24, 2.45) is 0 Å². The molecule has 10 heavy (non-hydrogen) atoms. The number of rotatable bonds is 5. The molecule has 1 N–H and O–H groups in total. The van der Waals surface area contributed by atoms with E-state index in [9.17, 15) is 0 Å². The molecular weight excluding hydrogens is 146 g/mol. The van der Waals surface area contributed by atoms with Crippen molar-refractivity contribution in [2.45, 2.75) is 45.7 Å². The van der Waals surface area contributed by atoms with Crippen LogP contribution in [0, 0.1) is 0 Å². The zero-order chi connectivity index (χ0) is 7.98. The Morgan fingerprint density at radius 1 is 1.30 bits per heavy atom. The number of halogens is 1. The average Bonchev–Trinajstić information content (AvgIpc) is 1.99. The van der Waals surface area contributed by atoms with Gasteiger partial charge in [0, 0.05) is 18.0 Å². The Morgan fingerprint density at radius 3 is 2.20 bits per heavy atom. The molecule has 0 aromatic carbocycles. The summed E-state index contributed by atoms with van der Waals surface area (Å²) >= 11 is 5.71. The molecule has 0 saturated carbocycles. The highest BCUT2D eigenvalue weighted by atomic mass is 35.5. The fourth-order valence-corrected chi connectivity index (χ4v) is 1.10. The molecule has 0 aliphatic heterocycles. The predicted molar refractivity (Wildman–Crippen MR) is 47.7 cm³/mol. The monoisotopic (exact) mass is 163 g/mol.